The summed E-state index contributed by atoms with van der Waals surface area (Å²) in [4.78, 5) is 26.2. The summed E-state index contributed by atoms with van der Waals surface area (Å²) in [5.74, 6) is -1.40. The van der Waals surface area contributed by atoms with Crippen LogP contribution in [0.25, 0.3) is 22.3 Å². The van der Waals surface area contributed by atoms with Gasteiger partial charge in [0, 0.05) is 23.7 Å². The van der Waals surface area contributed by atoms with Crippen LogP contribution < -0.4 is 10.2 Å². The minimum atomic E-state index is -4.52. The number of nitrogens with zero attached hydrogens (tertiary/aromatic N) is 4. The fourth-order valence-corrected chi connectivity index (χ4v) is 3.51. The predicted octanol–water partition coefficient (Wildman–Crippen LogP) is 3.48. The number of halogens is 4. The van der Waals surface area contributed by atoms with E-state index in [0.29, 0.717) is 24.9 Å². The summed E-state index contributed by atoms with van der Waals surface area (Å²) in [6.45, 7) is -1.13. The van der Waals surface area contributed by atoms with Gasteiger partial charge >= 0.3 is 6.18 Å². The van der Waals surface area contributed by atoms with E-state index < -0.39 is 30.5 Å². The average Bonchev–Trinajstić information content (AvgIpc) is 3.21. The van der Waals surface area contributed by atoms with Crippen LogP contribution in [0.3, 0.4) is 0 Å². The van der Waals surface area contributed by atoms with Crippen LogP contribution in [0, 0.1) is 5.82 Å². The Balaban J connectivity index is 1.62. The summed E-state index contributed by atoms with van der Waals surface area (Å²) in [7, 11) is 0. The highest BCUT2D eigenvalue weighted by atomic mass is 19.4. The van der Waals surface area contributed by atoms with Crippen molar-refractivity contribution in [2.45, 2.75) is 25.1 Å². The number of nitrogens with one attached hydrogen (secondary N) is 1. The molecule has 1 amide bonds. The molecule has 1 N–H and O–H groups in total. The lowest BCUT2D eigenvalue weighted by Crippen LogP contribution is -2.46. The summed E-state index contributed by atoms with van der Waals surface area (Å²) in [6, 6.07) is 8.10. The van der Waals surface area contributed by atoms with Crippen LogP contribution in [0.15, 0.2) is 42.7 Å². The Morgan fingerprint density at radius 2 is 2.07 bits per heavy atom. The highest BCUT2D eigenvalue weighted by Gasteiger charge is 2.36. The molecular weight excluding hydrogens is 402 g/mol. The maximum Gasteiger partial charge on any atom is 0.405 e. The van der Waals surface area contributed by atoms with E-state index in [9.17, 15) is 22.4 Å². The Morgan fingerprint density at radius 1 is 1.23 bits per heavy atom. The van der Waals surface area contributed by atoms with Crippen molar-refractivity contribution in [2.24, 2.45) is 0 Å². The molecule has 3 heterocycles. The smallest absolute Gasteiger partial charge is 0.345 e. The number of fused-ring (bicyclic) bond motifs is 1. The van der Waals surface area contributed by atoms with E-state index >= 15 is 0 Å². The second-order valence-electron chi connectivity index (χ2n) is 6.96. The summed E-state index contributed by atoms with van der Waals surface area (Å²) < 4.78 is 51.8. The lowest BCUT2D eigenvalue weighted by Gasteiger charge is -2.25. The van der Waals surface area contributed by atoms with Gasteiger partial charge in [-0.1, -0.05) is 6.07 Å². The van der Waals surface area contributed by atoms with Crippen molar-refractivity contribution in [1.82, 2.24) is 20.3 Å². The van der Waals surface area contributed by atoms with Gasteiger partial charge in [0.15, 0.2) is 17.5 Å². The van der Waals surface area contributed by atoms with Crippen LogP contribution in [0.5, 0.6) is 0 Å². The van der Waals surface area contributed by atoms with Gasteiger partial charge < -0.3 is 10.2 Å². The van der Waals surface area contributed by atoms with Crippen molar-refractivity contribution >= 4 is 22.6 Å². The fourth-order valence-electron chi connectivity index (χ4n) is 3.51. The number of aromatic nitrogens is 3. The van der Waals surface area contributed by atoms with Crippen LogP contribution in [-0.2, 0) is 4.79 Å². The maximum absolute atomic E-state index is 14.5. The molecule has 0 radical (unpaired) electrons. The summed E-state index contributed by atoms with van der Waals surface area (Å²) in [5.41, 5.74) is 1.42. The molecule has 30 heavy (non-hydrogen) atoms. The molecule has 10 heteroatoms. The Kier molecular flexibility index (Phi) is 5.23. The monoisotopic (exact) mass is 419 g/mol. The Labute approximate surface area is 169 Å². The average molecular weight is 419 g/mol. The van der Waals surface area contributed by atoms with Gasteiger partial charge in [-0.3, -0.25) is 9.78 Å². The molecule has 1 fully saturated rings. The van der Waals surface area contributed by atoms with Crippen LogP contribution >= 0.6 is 0 Å². The second-order valence-corrected chi connectivity index (χ2v) is 6.96. The Hall–Kier alpha value is -3.30. The third kappa shape index (κ3) is 4.17. The molecule has 0 aliphatic carbocycles. The molecule has 1 saturated heterocycles. The van der Waals surface area contributed by atoms with Gasteiger partial charge in [-0.15, -0.1) is 0 Å². The lowest BCUT2D eigenvalue weighted by atomic mass is 10.1. The molecule has 6 nitrogen and oxygen atoms in total. The molecule has 0 unspecified atom stereocenters. The molecule has 0 saturated carbocycles. The minimum Gasteiger partial charge on any atom is -0.345 e. The molecule has 2 aromatic heterocycles. The SMILES string of the molecule is O=C(NCC(F)(F)F)[C@H]1CCCN1c1nc(-c2ccc3ncccc3c2)ncc1F. The standard InChI is InChI=1S/C20H17F4N5O/c21-14-10-26-17(13-5-6-15-12(9-13)3-1-7-25-15)28-18(14)29-8-2-4-16(29)19(30)27-11-20(22,23)24/h1,3,5-7,9-10,16H,2,4,8,11H2,(H,27,30)/t16-/m1/s1. The molecule has 1 aliphatic heterocycles. The van der Waals surface area contributed by atoms with Crippen LogP contribution in [-0.4, -0.2) is 46.2 Å². The summed E-state index contributed by atoms with van der Waals surface area (Å²) >= 11 is 0. The van der Waals surface area contributed by atoms with E-state index in [2.05, 4.69) is 15.0 Å². The normalized spacial score (nSPS) is 16.8. The fraction of sp³-hybridized carbons (Fsp3) is 0.300. The number of rotatable bonds is 4. The Morgan fingerprint density at radius 3 is 2.87 bits per heavy atom. The molecule has 0 bridgehead atoms. The van der Waals surface area contributed by atoms with Gasteiger partial charge in [-0.2, -0.15) is 13.2 Å². The zero-order valence-corrected chi connectivity index (χ0v) is 15.7. The Bertz CT molecular complexity index is 1090. The second kappa shape index (κ2) is 7.85. The number of carbonyl (C=O) groups excluding carboxylic acids is 1. The van der Waals surface area contributed by atoms with Crippen molar-refractivity contribution in [3.63, 3.8) is 0 Å². The summed E-state index contributed by atoms with van der Waals surface area (Å²) in [6.07, 6.45) is -0.994. The molecule has 1 atom stereocenters. The zero-order valence-electron chi connectivity index (χ0n) is 15.7. The first-order valence-electron chi connectivity index (χ1n) is 9.30. The van der Waals surface area contributed by atoms with Crippen molar-refractivity contribution in [3.8, 4) is 11.4 Å². The van der Waals surface area contributed by atoms with Crippen molar-refractivity contribution in [1.29, 1.82) is 0 Å². The third-order valence-electron chi connectivity index (χ3n) is 4.88. The van der Waals surface area contributed by atoms with Crippen LogP contribution in [0.2, 0.25) is 0 Å². The van der Waals surface area contributed by atoms with E-state index in [1.165, 1.54) is 4.90 Å². The molecule has 156 valence electrons. The van der Waals surface area contributed by atoms with E-state index in [4.69, 9.17) is 0 Å². The van der Waals surface area contributed by atoms with Crippen molar-refractivity contribution in [3.05, 3.63) is 48.5 Å². The zero-order chi connectivity index (χ0) is 21.3. The summed E-state index contributed by atoms with van der Waals surface area (Å²) in [5, 5.41) is 2.73. The highest BCUT2D eigenvalue weighted by Crippen LogP contribution is 2.29. The van der Waals surface area contributed by atoms with Gasteiger partial charge in [-0.25, -0.2) is 14.4 Å². The largest absolute Gasteiger partial charge is 0.405 e. The van der Waals surface area contributed by atoms with E-state index in [-0.39, 0.29) is 11.6 Å². The molecule has 0 spiro atoms. The number of alkyl halides is 3. The number of anilines is 1. The third-order valence-corrected chi connectivity index (χ3v) is 4.88. The lowest BCUT2D eigenvalue weighted by molar-refractivity contribution is -0.139. The highest BCUT2D eigenvalue weighted by molar-refractivity contribution is 5.86. The van der Waals surface area contributed by atoms with Gasteiger partial charge in [0.2, 0.25) is 5.91 Å². The van der Waals surface area contributed by atoms with Crippen molar-refractivity contribution < 1.29 is 22.4 Å². The molecular formula is C20H17F4N5O. The van der Waals surface area contributed by atoms with Gasteiger partial charge in [0.1, 0.15) is 12.6 Å². The number of pyridine rings is 1. The van der Waals surface area contributed by atoms with Gasteiger partial charge in [-0.05, 0) is 37.1 Å². The topological polar surface area (TPSA) is 71.0 Å². The number of benzene rings is 1. The van der Waals surface area contributed by atoms with Gasteiger partial charge in [0.25, 0.3) is 0 Å². The molecule has 4 rings (SSSR count). The minimum absolute atomic E-state index is 0.101. The molecule has 1 aliphatic rings. The van der Waals surface area contributed by atoms with Crippen molar-refractivity contribution in [2.75, 3.05) is 18.0 Å². The first-order chi connectivity index (χ1) is 14.3. The van der Waals surface area contributed by atoms with E-state index in [1.54, 1.807) is 24.4 Å². The van der Waals surface area contributed by atoms with Gasteiger partial charge in [0.05, 0.1) is 11.7 Å². The molecule has 3 aromatic rings. The first kappa shape index (κ1) is 20.0. The number of hydrogen-bond acceptors (Lipinski definition) is 5. The number of hydrogen-bond donors (Lipinski definition) is 1. The maximum atomic E-state index is 14.5. The predicted molar refractivity (Wildman–Crippen MR) is 102 cm³/mol. The number of carbonyl (C=O) groups is 1. The number of amides is 1. The van der Waals surface area contributed by atoms with E-state index in [0.717, 1.165) is 17.1 Å². The first-order valence-corrected chi connectivity index (χ1v) is 9.30. The van der Waals surface area contributed by atoms with E-state index in [1.807, 2.05) is 17.4 Å². The molecule has 1 aromatic carbocycles. The van der Waals surface area contributed by atoms with Crippen LogP contribution in [0.1, 0.15) is 12.8 Å². The quantitative estimate of drug-likeness (QED) is 0.656. The van der Waals surface area contributed by atoms with Crippen LogP contribution in [0.4, 0.5) is 23.4 Å².